The third kappa shape index (κ3) is 1.84. The van der Waals surface area contributed by atoms with Crippen molar-refractivity contribution in [1.82, 2.24) is 0 Å². The van der Waals surface area contributed by atoms with Gasteiger partial charge >= 0.3 is 0 Å². The zero-order valence-electron chi connectivity index (χ0n) is 5.94. The average Bonchev–Trinajstić information content (AvgIpc) is 2.17. The number of rotatable bonds is 0. The van der Waals surface area contributed by atoms with Gasteiger partial charge in [0, 0.05) is 12.0 Å². The second kappa shape index (κ2) is 3.59. The maximum absolute atomic E-state index is 2.97. The van der Waals surface area contributed by atoms with Crippen molar-refractivity contribution < 1.29 is 0 Å². The summed E-state index contributed by atoms with van der Waals surface area (Å²) in [5.41, 5.74) is 1.06. The molecule has 0 atom stereocenters. The van der Waals surface area contributed by atoms with Crippen molar-refractivity contribution in [3.8, 4) is 23.7 Å². The Morgan fingerprint density at radius 2 is 2.50 bits per heavy atom. The number of hydrogen-bond acceptors (Lipinski definition) is 0. The highest BCUT2D eigenvalue weighted by Crippen LogP contribution is 1.99. The van der Waals surface area contributed by atoms with Gasteiger partial charge in [0.2, 0.25) is 0 Å². The molecule has 0 saturated carbocycles. The fourth-order valence-corrected chi connectivity index (χ4v) is 0.715. The third-order valence-electron chi connectivity index (χ3n) is 1.14. The lowest BCUT2D eigenvalue weighted by molar-refractivity contribution is 1.45. The van der Waals surface area contributed by atoms with Crippen molar-refractivity contribution in [1.29, 1.82) is 0 Å². The fourth-order valence-electron chi connectivity index (χ4n) is 0.715. The van der Waals surface area contributed by atoms with Crippen molar-refractivity contribution in [3.63, 3.8) is 0 Å². The van der Waals surface area contributed by atoms with Crippen molar-refractivity contribution in [2.75, 3.05) is 0 Å². The van der Waals surface area contributed by atoms with Gasteiger partial charge in [-0.1, -0.05) is 23.8 Å². The first-order valence-electron chi connectivity index (χ1n) is 3.21. The Balaban J connectivity index is 2.78. The summed E-state index contributed by atoms with van der Waals surface area (Å²) in [6.45, 7) is 1.83. The Bertz CT molecular complexity index is 281. The molecule has 0 N–H and O–H groups in total. The third-order valence-corrected chi connectivity index (χ3v) is 1.14. The Hall–Kier alpha value is -1.40. The van der Waals surface area contributed by atoms with Crippen LogP contribution in [0.5, 0.6) is 0 Å². The molecule has 1 aliphatic rings. The van der Waals surface area contributed by atoms with Crippen molar-refractivity contribution in [2.24, 2.45) is 0 Å². The monoisotopic (exact) mass is 128 g/mol. The average molecular weight is 128 g/mol. The minimum absolute atomic E-state index is 0.816. The first-order valence-corrected chi connectivity index (χ1v) is 3.21. The standard InChI is InChI=1S/C10H8/c1-2-7-10-8-5-3-4-6-9-10/h5,8-9H,6H2,1H3. The predicted octanol–water partition coefficient (Wildman–Crippen LogP) is 1.90. The molecule has 0 aromatic rings. The van der Waals surface area contributed by atoms with E-state index < -0.39 is 0 Å². The molecule has 0 fully saturated rings. The van der Waals surface area contributed by atoms with Crippen molar-refractivity contribution in [3.05, 3.63) is 23.8 Å². The Morgan fingerprint density at radius 1 is 1.60 bits per heavy atom. The van der Waals surface area contributed by atoms with E-state index in [1.54, 1.807) is 0 Å². The summed E-state index contributed by atoms with van der Waals surface area (Å²) in [5, 5.41) is 0. The van der Waals surface area contributed by atoms with E-state index in [1.165, 1.54) is 0 Å². The van der Waals surface area contributed by atoms with Crippen LogP contribution in [0.1, 0.15) is 13.3 Å². The quantitative estimate of drug-likeness (QED) is 0.437. The lowest BCUT2D eigenvalue weighted by Crippen LogP contribution is -1.69. The maximum Gasteiger partial charge on any atom is 0.0288 e. The molecule has 0 aromatic carbocycles. The molecule has 0 radical (unpaired) electrons. The van der Waals surface area contributed by atoms with Gasteiger partial charge in [0.1, 0.15) is 0 Å². The molecule has 0 bridgehead atoms. The minimum atomic E-state index is 0.816. The molecule has 0 amide bonds. The summed E-state index contributed by atoms with van der Waals surface area (Å²) < 4.78 is 0. The highest BCUT2D eigenvalue weighted by atomic mass is 13.9. The molecular weight excluding hydrogens is 120 g/mol. The van der Waals surface area contributed by atoms with Crippen molar-refractivity contribution in [2.45, 2.75) is 13.3 Å². The van der Waals surface area contributed by atoms with E-state index in [9.17, 15) is 0 Å². The molecule has 0 aliphatic heterocycles. The van der Waals surface area contributed by atoms with Crippen molar-refractivity contribution >= 4 is 0 Å². The molecule has 1 aliphatic carbocycles. The molecule has 0 spiro atoms. The molecule has 0 unspecified atom stereocenters. The molecule has 1 rings (SSSR count). The van der Waals surface area contributed by atoms with Crippen LogP contribution in [0.4, 0.5) is 0 Å². The van der Waals surface area contributed by atoms with Crippen LogP contribution in [0.15, 0.2) is 23.8 Å². The van der Waals surface area contributed by atoms with E-state index in [0.717, 1.165) is 12.0 Å². The minimum Gasteiger partial charge on any atom is -0.101 e. The fraction of sp³-hybridized carbons (Fsp3) is 0.200. The molecule has 0 nitrogen and oxygen atoms in total. The van der Waals surface area contributed by atoms with Crippen LogP contribution in [0.2, 0.25) is 0 Å². The van der Waals surface area contributed by atoms with Crippen LogP contribution >= 0.6 is 0 Å². The van der Waals surface area contributed by atoms with Crippen LogP contribution in [-0.4, -0.2) is 0 Å². The first-order chi connectivity index (χ1) is 4.93. The van der Waals surface area contributed by atoms with Gasteiger partial charge in [0.05, 0.1) is 0 Å². The Morgan fingerprint density at radius 3 is 3.30 bits per heavy atom. The smallest absolute Gasteiger partial charge is 0.0288 e. The summed E-state index contributed by atoms with van der Waals surface area (Å²) >= 11 is 0. The lowest BCUT2D eigenvalue weighted by Gasteiger charge is -1.83. The highest BCUT2D eigenvalue weighted by molar-refractivity contribution is 5.42. The predicted molar refractivity (Wildman–Crippen MR) is 43.1 cm³/mol. The Labute approximate surface area is 61.6 Å². The molecule has 10 heavy (non-hydrogen) atoms. The molecule has 0 saturated heterocycles. The van der Waals surface area contributed by atoms with E-state index in [1.807, 2.05) is 25.2 Å². The van der Waals surface area contributed by atoms with E-state index in [2.05, 4.69) is 23.7 Å². The Kier molecular flexibility index (Phi) is 2.41. The zero-order chi connectivity index (χ0) is 7.23. The molecular formula is C10H8. The van der Waals surface area contributed by atoms with E-state index in [4.69, 9.17) is 0 Å². The SMILES string of the molecule is CC#CC1=CCC#CC=C1. The second-order valence-electron chi connectivity index (χ2n) is 1.89. The number of hydrogen-bond donors (Lipinski definition) is 0. The molecule has 48 valence electrons. The van der Waals surface area contributed by atoms with Gasteiger partial charge in [0.25, 0.3) is 0 Å². The van der Waals surface area contributed by atoms with Crippen LogP contribution < -0.4 is 0 Å². The van der Waals surface area contributed by atoms with Crippen LogP contribution in [-0.2, 0) is 0 Å². The normalized spacial score (nSPS) is 13.5. The maximum atomic E-state index is 2.97. The number of allylic oxidation sites excluding steroid dienone is 4. The summed E-state index contributed by atoms with van der Waals surface area (Å²) in [4.78, 5) is 0. The summed E-state index contributed by atoms with van der Waals surface area (Å²) in [5.74, 6) is 11.6. The van der Waals surface area contributed by atoms with E-state index >= 15 is 0 Å². The second-order valence-corrected chi connectivity index (χ2v) is 1.89. The zero-order valence-corrected chi connectivity index (χ0v) is 5.94. The van der Waals surface area contributed by atoms with Gasteiger partial charge in [-0.15, -0.1) is 5.92 Å². The van der Waals surface area contributed by atoms with E-state index in [-0.39, 0.29) is 0 Å². The van der Waals surface area contributed by atoms with Gasteiger partial charge in [-0.3, -0.25) is 0 Å². The highest BCUT2D eigenvalue weighted by Gasteiger charge is 1.84. The van der Waals surface area contributed by atoms with Crippen LogP contribution in [0.25, 0.3) is 0 Å². The first kappa shape index (κ1) is 6.72. The van der Waals surface area contributed by atoms with E-state index in [0.29, 0.717) is 0 Å². The molecule has 0 aromatic heterocycles. The topological polar surface area (TPSA) is 0 Å². The van der Waals surface area contributed by atoms with Gasteiger partial charge in [-0.2, -0.15) is 0 Å². The largest absolute Gasteiger partial charge is 0.101 e. The summed E-state index contributed by atoms with van der Waals surface area (Å²) in [6, 6.07) is 0. The van der Waals surface area contributed by atoms with Gasteiger partial charge in [0.15, 0.2) is 0 Å². The lowest BCUT2D eigenvalue weighted by atomic mass is 10.2. The molecule has 0 heteroatoms. The molecule has 0 heterocycles. The van der Waals surface area contributed by atoms with Crippen LogP contribution in [0.3, 0.4) is 0 Å². The van der Waals surface area contributed by atoms with Crippen LogP contribution in [0, 0.1) is 23.7 Å². The van der Waals surface area contributed by atoms with Gasteiger partial charge < -0.3 is 0 Å². The van der Waals surface area contributed by atoms with Gasteiger partial charge in [-0.25, -0.2) is 0 Å². The van der Waals surface area contributed by atoms with Gasteiger partial charge in [-0.05, 0) is 19.1 Å². The summed E-state index contributed by atoms with van der Waals surface area (Å²) in [7, 11) is 0. The summed E-state index contributed by atoms with van der Waals surface area (Å²) in [6.07, 6.45) is 6.63.